The SMILES string of the molecule is N=C(N)NC1CCC1. The lowest BCUT2D eigenvalue weighted by molar-refractivity contribution is 0.382. The average molecular weight is 113 g/mol. The lowest BCUT2D eigenvalue weighted by atomic mass is 9.93. The molecule has 4 N–H and O–H groups in total. The van der Waals surface area contributed by atoms with Crippen molar-refractivity contribution in [2.75, 3.05) is 0 Å². The molecule has 1 fully saturated rings. The Morgan fingerprint density at radius 3 is 2.38 bits per heavy atom. The van der Waals surface area contributed by atoms with Crippen molar-refractivity contribution in [3.8, 4) is 0 Å². The number of nitrogens with two attached hydrogens (primary N) is 1. The van der Waals surface area contributed by atoms with E-state index in [1.807, 2.05) is 0 Å². The Labute approximate surface area is 48.8 Å². The lowest BCUT2D eigenvalue weighted by Gasteiger charge is -2.26. The van der Waals surface area contributed by atoms with Crippen LogP contribution >= 0.6 is 0 Å². The molecule has 1 rings (SSSR count). The number of rotatable bonds is 1. The molecule has 0 atom stereocenters. The fourth-order valence-electron chi connectivity index (χ4n) is 0.772. The van der Waals surface area contributed by atoms with Crippen LogP contribution in [0.25, 0.3) is 0 Å². The van der Waals surface area contributed by atoms with Crippen molar-refractivity contribution >= 4 is 5.96 Å². The van der Waals surface area contributed by atoms with E-state index in [0.29, 0.717) is 6.04 Å². The van der Waals surface area contributed by atoms with Gasteiger partial charge in [-0.15, -0.1) is 0 Å². The van der Waals surface area contributed by atoms with Gasteiger partial charge in [-0.2, -0.15) is 0 Å². The molecule has 0 bridgehead atoms. The fourth-order valence-corrected chi connectivity index (χ4v) is 0.772. The van der Waals surface area contributed by atoms with Crippen molar-refractivity contribution in [2.45, 2.75) is 25.3 Å². The van der Waals surface area contributed by atoms with Gasteiger partial charge in [-0.05, 0) is 19.3 Å². The van der Waals surface area contributed by atoms with E-state index in [-0.39, 0.29) is 5.96 Å². The fraction of sp³-hybridized carbons (Fsp3) is 0.800. The molecule has 0 saturated heterocycles. The molecule has 1 aliphatic carbocycles. The first-order chi connectivity index (χ1) is 3.79. The number of nitrogens with one attached hydrogen (secondary N) is 2. The highest BCUT2D eigenvalue weighted by Crippen LogP contribution is 2.17. The highest BCUT2D eigenvalue weighted by molar-refractivity contribution is 5.74. The summed E-state index contributed by atoms with van der Waals surface area (Å²) in [7, 11) is 0. The van der Waals surface area contributed by atoms with Gasteiger partial charge in [0.15, 0.2) is 5.96 Å². The quantitative estimate of drug-likeness (QED) is 0.331. The Balaban J connectivity index is 2.09. The van der Waals surface area contributed by atoms with Gasteiger partial charge in [-0.25, -0.2) is 0 Å². The first kappa shape index (κ1) is 5.41. The molecule has 0 amide bonds. The molecule has 0 aromatic heterocycles. The summed E-state index contributed by atoms with van der Waals surface area (Å²) < 4.78 is 0. The van der Waals surface area contributed by atoms with E-state index in [0.717, 1.165) is 0 Å². The summed E-state index contributed by atoms with van der Waals surface area (Å²) in [5, 5.41) is 9.67. The minimum absolute atomic E-state index is 0.106. The van der Waals surface area contributed by atoms with Gasteiger partial charge in [0.1, 0.15) is 0 Å². The molecule has 46 valence electrons. The predicted octanol–water partition coefficient (Wildman–Crippen LogP) is 0.0220. The van der Waals surface area contributed by atoms with Crippen LogP contribution in [0.1, 0.15) is 19.3 Å². The molecule has 8 heavy (non-hydrogen) atoms. The molecule has 0 radical (unpaired) electrons. The number of hydrogen-bond acceptors (Lipinski definition) is 1. The van der Waals surface area contributed by atoms with E-state index >= 15 is 0 Å². The zero-order valence-corrected chi connectivity index (χ0v) is 4.78. The third kappa shape index (κ3) is 1.12. The topological polar surface area (TPSA) is 61.9 Å². The first-order valence-corrected chi connectivity index (χ1v) is 2.89. The third-order valence-electron chi connectivity index (χ3n) is 1.46. The maximum absolute atomic E-state index is 6.83. The van der Waals surface area contributed by atoms with Crippen LogP contribution in [0.5, 0.6) is 0 Å². The van der Waals surface area contributed by atoms with Gasteiger partial charge in [0.25, 0.3) is 0 Å². The summed E-state index contributed by atoms with van der Waals surface area (Å²) in [5.74, 6) is 0.106. The Kier molecular flexibility index (Phi) is 1.37. The summed E-state index contributed by atoms with van der Waals surface area (Å²) in [6.45, 7) is 0. The Bertz CT molecular complexity index is 95.8. The summed E-state index contributed by atoms with van der Waals surface area (Å²) >= 11 is 0. The van der Waals surface area contributed by atoms with E-state index < -0.39 is 0 Å². The molecule has 1 saturated carbocycles. The molecule has 0 aliphatic heterocycles. The van der Waals surface area contributed by atoms with E-state index in [1.54, 1.807) is 0 Å². The van der Waals surface area contributed by atoms with Crippen LogP contribution in [0, 0.1) is 5.41 Å². The van der Waals surface area contributed by atoms with Gasteiger partial charge >= 0.3 is 0 Å². The van der Waals surface area contributed by atoms with Gasteiger partial charge in [-0.3, -0.25) is 5.41 Å². The molecule has 0 aromatic carbocycles. The van der Waals surface area contributed by atoms with E-state index in [1.165, 1.54) is 19.3 Å². The molecular weight excluding hydrogens is 102 g/mol. The first-order valence-electron chi connectivity index (χ1n) is 2.89. The maximum atomic E-state index is 6.83. The predicted molar refractivity (Wildman–Crippen MR) is 32.7 cm³/mol. The van der Waals surface area contributed by atoms with E-state index in [4.69, 9.17) is 11.1 Å². The van der Waals surface area contributed by atoms with Crippen molar-refractivity contribution in [2.24, 2.45) is 5.73 Å². The van der Waals surface area contributed by atoms with Gasteiger partial charge in [0.2, 0.25) is 0 Å². The van der Waals surface area contributed by atoms with Gasteiger partial charge < -0.3 is 11.1 Å². The third-order valence-corrected chi connectivity index (χ3v) is 1.46. The molecule has 3 nitrogen and oxygen atoms in total. The van der Waals surface area contributed by atoms with Crippen LogP contribution in [0.2, 0.25) is 0 Å². The summed E-state index contributed by atoms with van der Waals surface area (Å²) in [4.78, 5) is 0. The molecule has 0 unspecified atom stereocenters. The van der Waals surface area contributed by atoms with Crippen molar-refractivity contribution in [3.05, 3.63) is 0 Å². The minimum atomic E-state index is 0.106. The van der Waals surface area contributed by atoms with Crippen molar-refractivity contribution in [3.63, 3.8) is 0 Å². The molecule has 0 spiro atoms. The Morgan fingerprint density at radius 1 is 1.62 bits per heavy atom. The van der Waals surface area contributed by atoms with Crippen LogP contribution in [-0.2, 0) is 0 Å². The molecule has 1 aliphatic rings. The zero-order valence-electron chi connectivity index (χ0n) is 4.78. The maximum Gasteiger partial charge on any atom is 0.185 e. The van der Waals surface area contributed by atoms with Gasteiger partial charge in [0, 0.05) is 6.04 Å². The highest BCUT2D eigenvalue weighted by atomic mass is 15.1. The summed E-state index contributed by atoms with van der Waals surface area (Å²) in [6, 6.07) is 0.507. The molecular formula is C5H11N3. The van der Waals surface area contributed by atoms with Crippen molar-refractivity contribution in [1.29, 1.82) is 5.41 Å². The van der Waals surface area contributed by atoms with Crippen LogP contribution in [-0.4, -0.2) is 12.0 Å². The van der Waals surface area contributed by atoms with E-state index in [9.17, 15) is 0 Å². The molecule has 3 heteroatoms. The lowest BCUT2D eigenvalue weighted by Crippen LogP contribution is -2.42. The average Bonchev–Trinajstić information content (AvgIpc) is 1.55. The van der Waals surface area contributed by atoms with Crippen molar-refractivity contribution in [1.82, 2.24) is 5.32 Å². The van der Waals surface area contributed by atoms with Crippen molar-refractivity contribution < 1.29 is 0 Å². The molecule has 0 heterocycles. The zero-order chi connectivity index (χ0) is 5.98. The molecule has 0 aromatic rings. The highest BCUT2D eigenvalue weighted by Gasteiger charge is 2.16. The summed E-state index contributed by atoms with van der Waals surface area (Å²) in [6.07, 6.45) is 3.64. The standard InChI is InChI=1S/C5H11N3/c6-5(7)8-4-2-1-3-4/h4H,1-3H2,(H4,6,7,8). The van der Waals surface area contributed by atoms with E-state index in [2.05, 4.69) is 5.32 Å². The monoisotopic (exact) mass is 113 g/mol. The second-order valence-corrected chi connectivity index (χ2v) is 2.19. The van der Waals surface area contributed by atoms with Crippen LogP contribution in [0.4, 0.5) is 0 Å². The smallest absolute Gasteiger partial charge is 0.185 e. The summed E-state index contributed by atoms with van der Waals surface area (Å²) in [5.41, 5.74) is 5.08. The Hall–Kier alpha value is -0.730. The second-order valence-electron chi connectivity index (χ2n) is 2.19. The Morgan fingerprint density at radius 2 is 2.25 bits per heavy atom. The number of hydrogen-bond donors (Lipinski definition) is 3. The largest absolute Gasteiger partial charge is 0.370 e. The minimum Gasteiger partial charge on any atom is -0.370 e. The number of guanidine groups is 1. The van der Waals surface area contributed by atoms with Crippen LogP contribution in [0.3, 0.4) is 0 Å². The van der Waals surface area contributed by atoms with Gasteiger partial charge in [-0.1, -0.05) is 0 Å². The normalized spacial score (nSPS) is 19.5. The van der Waals surface area contributed by atoms with Crippen LogP contribution < -0.4 is 11.1 Å². The van der Waals surface area contributed by atoms with Gasteiger partial charge in [0.05, 0.1) is 0 Å². The second kappa shape index (κ2) is 2.03. The van der Waals surface area contributed by atoms with Crippen LogP contribution in [0.15, 0.2) is 0 Å².